The van der Waals surface area contributed by atoms with E-state index >= 15 is 0 Å². The molecule has 0 amide bonds. The van der Waals surface area contributed by atoms with Crippen molar-refractivity contribution in [2.24, 2.45) is 5.10 Å². The van der Waals surface area contributed by atoms with Crippen LogP contribution in [0.2, 0.25) is 0 Å². The van der Waals surface area contributed by atoms with E-state index in [4.69, 9.17) is 21.7 Å². The van der Waals surface area contributed by atoms with Gasteiger partial charge < -0.3 is 14.8 Å². The van der Waals surface area contributed by atoms with Crippen molar-refractivity contribution < 1.29 is 13.9 Å². The number of rotatable bonds is 6. The van der Waals surface area contributed by atoms with Crippen LogP contribution in [0.4, 0.5) is 10.1 Å². The number of halogens is 1. The number of benzene rings is 2. The van der Waals surface area contributed by atoms with Crippen molar-refractivity contribution in [3.05, 3.63) is 59.4 Å². The molecule has 0 unspecified atom stereocenters. The normalized spacial score (nSPS) is 11.1. The molecule has 0 radical (unpaired) electrons. The van der Waals surface area contributed by atoms with Gasteiger partial charge in [-0.2, -0.15) is 5.10 Å². The van der Waals surface area contributed by atoms with Gasteiger partial charge in [-0.3, -0.25) is 5.43 Å². The Hall–Kier alpha value is -2.51. The van der Waals surface area contributed by atoms with Gasteiger partial charge in [-0.1, -0.05) is 12.1 Å². The Kier molecular flexibility index (Phi) is 6.85. The predicted octanol–water partition coefficient (Wildman–Crippen LogP) is 3.69. The molecule has 0 aliphatic heterocycles. The van der Waals surface area contributed by atoms with Gasteiger partial charge in [-0.15, -0.1) is 0 Å². The first-order chi connectivity index (χ1) is 12.0. The monoisotopic (exact) mass is 361 g/mol. The molecule has 0 heterocycles. The molecule has 2 aromatic rings. The summed E-state index contributed by atoms with van der Waals surface area (Å²) in [6.07, 6.45) is 0. The lowest BCUT2D eigenvalue weighted by molar-refractivity contribution is 0.181. The summed E-state index contributed by atoms with van der Waals surface area (Å²) in [6.45, 7) is 2.28. The number of ether oxygens (including phenoxy) is 2. The third kappa shape index (κ3) is 5.23. The topological polar surface area (TPSA) is 54.9 Å². The fourth-order valence-corrected chi connectivity index (χ4v) is 2.34. The van der Waals surface area contributed by atoms with Gasteiger partial charge in [0, 0.05) is 12.7 Å². The molecule has 0 aliphatic rings. The SMILES string of the molecule is COCc1cc(/C(C)=N\NC(=S)Nc2ccccc2F)ccc1OC. The van der Waals surface area contributed by atoms with Crippen molar-refractivity contribution in [1.82, 2.24) is 5.43 Å². The second kappa shape index (κ2) is 9.10. The Labute approximate surface area is 151 Å². The summed E-state index contributed by atoms with van der Waals surface area (Å²) in [5, 5.41) is 7.20. The van der Waals surface area contributed by atoms with Crippen LogP contribution >= 0.6 is 12.2 Å². The van der Waals surface area contributed by atoms with Crippen molar-refractivity contribution in [1.29, 1.82) is 0 Å². The molecule has 2 N–H and O–H groups in total. The summed E-state index contributed by atoms with van der Waals surface area (Å²) >= 11 is 5.13. The van der Waals surface area contributed by atoms with Gasteiger partial charge in [-0.05, 0) is 55.0 Å². The minimum absolute atomic E-state index is 0.204. The minimum atomic E-state index is -0.383. The Morgan fingerprint density at radius 1 is 1.20 bits per heavy atom. The van der Waals surface area contributed by atoms with Gasteiger partial charge in [0.25, 0.3) is 0 Å². The van der Waals surface area contributed by atoms with Crippen molar-refractivity contribution in [3.63, 3.8) is 0 Å². The fourth-order valence-electron chi connectivity index (χ4n) is 2.18. The quantitative estimate of drug-likeness (QED) is 0.467. The van der Waals surface area contributed by atoms with Crippen LogP contribution in [0.5, 0.6) is 5.75 Å². The van der Waals surface area contributed by atoms with E-state index in [-0.39, 0.29) is 10.9 Å². The van der Waals surface area contributed by atoms with E-state index in [0.29, 0.717) is 12.3 Å². The zero-order chi connectivity index (χ0) is 18.2. The fraction of sp³-hybridized carbons (Fsp3) is 0.222. The van der Waals surface area contributed by atoms with E-state index in [1.807, 2.05) is 25.1 Å². The summed E-state index contributed by atoms with van der Waals surface area (Å²) in [5.41, 5.74) is 5.54. The van der Waals surface area contributed by atoms with Gasteiger partial charge in [0.15, 0.2) is 5.11 Å². The summed E-state index contributed by atoms with van der Waals surface area (Å²) < 4.78 is 24.1. The molecule has 7 heteroatoms. The van der Waals surface area contributed by atoms with Gasteiger partial charge >= 0.3 is 0 Å². The van der Waals surface area contributed by atoms with E-state index in [1.165, 1.54) is 6.07 Å². The average Bonchev–Trinajstić information content (AvgIpc) is 2.62. The maximum Gasteiger partial charge on any atom is 0.191 e. The molecular formula is C18H20FN3O2S. The summed E-state index contributed by atoms with van der Waals surface area (Å²) in [7, 11) is 3.24. The Morgan fingerprint density at radius 3 is 2.64 bits per heavy atom. The molecule has 0 atom stereocenters. The number of anilines is 1. The largest absolute Gasteiger partial charge is 0.496 e. The number of methoxy groups -OCH3 is 2. The van der Waals surface area contributed by atoms with Gasteiger partial charge in [0.2, 0.25) is 0 Å². The molecule has 5 nitrogen and oxygen atoms in total. The molecule has 0 bridgehead atoms. The number of thiocarbonyl (C=S) groups is 1. The first kappa shape index (κ1) is 18.8. The first-order valence-electron chi connectivity index (χ1n) is 7.57. The van der Waals surface area contributed by atoms with Crippen LogP contribution in [0.3, 0.4) is 0 Å². The average molecular weight is 361 g/mol. The zero-order valence-corrected chi connectivity index (χ0v) is 15.1. The van der Waals surface area contributed by atoms with Gasteiger partial charge in [0.05, 0.1) is 25.1 Å². The molecule has 0 spiro atoms. The summed E-state index contributed by atoms with van der Waals surface area (Å²) in [5.74, 6) is 0.370. The van der Waals surface area contributed by atoms with Crippen LogP contribution in [0.15, 0.2) is 47.6 Å². The van der Waals surface area contributed by atoms with Crippen molar-refractivity contribution >= 4 is 28.7 Å². The Morgan fingerprint density at radius 2 is 1.96 bits per heavy atom. The first-order valence-corrected chi connectivity index (χ1v) is 7.98. The van der Waals surface area contributed by atoms with Crippen LogP contribution in [0, 0.1) is 5.82 Å². The Bertz CT molecular complexity index is 781. The third-order valence-electron chi connectivity index (χ3n) is 3.45. The van der Waals surface area contributed by atoms with E-state index < -0.39 is 0 Å². The third-order valence-corrected chi connectivity index (χ3v) is 3.64. The summed E-state index contributed by atoms with van der Waals surface area (Å²) in [4.78, 5) is 0. The summed E-state index contributed by atoms with van der Waals surface area (Å²) in [6, 6.07) is 12.0. The van der Waals surface area contributed by atoms with Crippen LogP contribution < -0.4 is 15.5 Å². The smallest absolute Gasteiger partial charge is 0.191 e. The molecule has 0 saturated heterocycles. The highest BCUT2D eigenvalue weighted by Gasteiger charge is 2.07. The number of hydrogen-bond acceptors (Lipinski definition) is 4. The van der Waals surface area contributed by atoms with Gasteiger partial charge in [-0.25, -0.2) is 4.39 Å². The van der Waals surface area contributed by atoms with Crippen LogP contribution in [-0.2, 0) is 11.3 Å². The van der Waals surface area contributed by atoms with E-state index in [9.17, 15) is 4.39 Å². The maximum atomic E-state index is 13.6. The number of para-hydroxylation sites is 1. The maximum absolute atomic E-state index is 13.6. The lowest BCUT2D eigenvalue weighted by Crippen LogP contribution is -2.25. The second-order valence-electron chi connectivity index (χ2n) is 5.20. The van der Waals surface area contributed by atoms with Crippen molar-refractivity contribution in [2.45, 2.75) is 13.5 Å². The Balaban J connectivity index is 2.07. The highest BCUT2D eigenvalue weighted by atomic mass is 32.1. The lowest BCUT2D eigenvalue weighted by atomic mass is 10.1. The molecular weight excluding hydrogens is 341 g/mol. The number of hydrogen-bond donors (Lipinski definition) is 2. The standard InChI is InChI=1S/C18H20FN3O2S/c1-12(13-8-9-17(24-3)14(10-13)11-23-2)21-22-18(25)20-16-7-5-4-6-15(16)19/h4-10H,11H2,1-3H3,(H2,20,22,25)/b21-12-. The lowest BCUT2D eigenvalue weighted by Gasteiger charge is -2.11. The molecule has 0 aliphatic carbocycles. The van der Waals surface area contributed by atoms with Crippen molar-refractivity contribution in [2.75, 3.05) is 19.5 Å². The highest BCUT2D eigenvalue weighted by molar-refractivity contribution is 7.80. The van der Waals surface area contributed by atoms with Crippen LogP contribution in [-0.4, -0.2) is 25.0 Å². The molecule has 0 saturated carbocycles. The second-order valence-corrected chi connectivity index (χ2v) is 5.61. The molecule has 0 aromatic heterocycles. The predicted molar refractivity (Wildman–Crippen MR) is 102 cm³/mol. The highest BCUT2D eigenvalue weighted by Crippen LogP contribution is 2.21. The van der Waals surface area contributed by atoms with E-state index in [0.717, 1.165) is 22.6 Å². The molecule has 132 valence electrons. The minimum Gasteiger partial charge on any atom is -0.496 e. The molecule has 25 heavy (non-hydrogen) atoms. The molecule has 2 rings (SSSR count). The number of nitrogens with one attached hydrogen (secondary N) is 2. The van der Waals surface area contributed by atoms with Crippen LogP contribution in [0.1, 0.15) is 18.1 Å². The number of nitrogens with zero attached hydrogens (tertiary/aromatic N) is 1. The van der Waals surface area contributed by atoms with E-state index in [2.05, 4.69) is 15.8 Å². The number of hydrazone groups is 1. The molecule has 0 fully saturated rings. The zero-order valence-electron chi connectivity index (χ0n) is 14.3. The van der Waals surface area contributed by atoms with Gasteiger partial charge in [0.1, 0.15) is 11.6 Å². The van der Waals surface area contributed by atoms with E-state index in [1.54, 1.807) is 32.4 Å². The van der Waals surface area contributed by atoms with Crippen LogP contribution in [0.25, 0.3) is 0 Å². The molecule has 2 aromatic carbocycles. The van der Waals surface area contributed by atoms with Crippen molar-refractivity contribution in [3.8, 4) is 5.75 Å².